The van der Waals surface area contributed by atoms with Gasteiger partial charge in [-0.15, -0.1) is 10.2 Å². The van der Waals surface area contributed by atoms with Crippen molar-refractivity contribution in [1.29, 1.82) is 0 Å². The van der Waals surface area contributed by atoms with Gasteiger partial charge in [0.15, 0.2) is 5.69 Å². The van der Waals surface area contributed by atoms with Crippen LogP contribution >= 0.6 is 11.6 Å². The maximum absolute atomic E-state index is 12.1. The first-order chi connectivity index (χ1) is 12.1. The average molecular weight is 353 g/mol. The summed E-state index contributed by atoms with van der Waals surface area (Å²) in [4.78, 5) is 14.9. The number of nitrogens with zero attached hydrogens (tertiary/aromatic N) is 3. The molecule has 2 aromatic carbocycles. The quantitative estimate of drug-likeness (QED) is 0.508. The van der Waals surface area contributed by atoms with Gasteiger partial charge in [-0.25, -0.2) is 0 Å². The lowest BCUT2D eigenvalue weighted by molar-refractivity contribution is 0.459. The van der Waals surface area contributed by atoms with E-state index in [2.05, 4.69) is 15.2 Å². The van der Waals surface area contributed by atoms with Gasteiger partial charge in [-0.2, -0.15) is 0 Å². The summed E-state index contributed by atoms with van der Waals surface area (Å²) < 4.78 is 1.55. The summed E-state index contributed by atoms with van der Waals surface area (Å²) in [7, 11) is 1.71. The number of para-hydroxylation sites is 2. The lowest BCUT2D eigenvalue weighted by Crippen LogP contribution is -2.15. The summed E-state index contributed by atoms with van der Waals surface area (Å²) in [6, 6.07) is 14.1. The molecule has 0 atom stereocenters. The third-order valence-electron chi connectivity index (χ3n) is 4.13. The number of aromatic hydroxyl groups is 1. The molecular weight excluding hydrogens is 340 g/mol. The van der Waals surface area contributed by atoms with E-state index < -0.39 is 0 Å². The number of pyridine rings is 1. The van der Waals surface area contributed by atoms with Gasteiger partial charge < -0.3 is 14.7 Å². The van der Waals surface area contributed by atoms with Crippen molar-refractivity contribution < 1.29 is 5.11 Å². The summed E-state index contributed by atoms with van der Waals surface area (Å²) in [5.74, 6) is -0.125. The number of H-pyrrole nitrogens is 1. The predicted octanol–water partition coefficient (Wildman–Crippen LogP) is 4.79. The van der Waals surface area contributed by atoms with E-state index in [4.69, 9.17) is 11.6 Å². The molecule has 0 aliphatic rings. The third-order valence-corrected chi connectivity index (χ3v) is 4.44. The van der Waals surface area contributed by atoms with E-state index in [0.29, 0.717) is 21.6 Å². The zero-order valence-corrected chi connectivity index (χ0v) is 13.9. The number of hydrogen-bond donors (Lipinski definition) is 2. The number of halogens is 1. The van der Waals surface area contributed by atoms with Crippen molar-refractivity contribution in [1.82, 2.24) is 9.55 Å². The second-order valence-corrected chi connectivity index (χ2v) is 6.04. The molecule has 7 heteroatoms. The molecule has 0 radical (unpaired) electrons. The van der Waals surface area contributed by atoms with E-state index in [9.17, 15) is 9.90 Å². The van der Waals surface area contributed by atoms with Crippen molar-refractivity contribution in [2.24, 2.45) is 17.3 Å². The molecule has 2 N–H and O–H groups in total. The number of aromatic amines is 1. The van der Waals surface area contributed by atoms with Gasteiger partial charge in [0.05, 0.1) is 16.1 Å². The van der Waals surface area contributed by atoms with Crippen LogP contribution in [0.4, 0.5) is 11.4 Å². The van der Waals surface area contributed by atoms with Crippen molar-refractivity contribution >= 4 is 44.8 Å². The van der Waals surface area contributed by atoms with Gasteiger partial charge in [0.25, 0.3) is 5.56 Å². The molecule has 2 aromatic heterocycles. The van der Waals surface area contributed by atoms with Crippen LogP contribution in [-0.2, 0) is 7.05 Å². The number of nitrogens with one attached hydrogen (secondary N) is 1. The first-order valence-electron chi connectivity index (χ1n) is 7.56. The summed E-state index contributed by atoms with van der Waals surface area (Å²) >= 11 is 6.12. The molecule has 0 aliphatic carbocycles. The fourth-order valence-corrected chi connectivity index (χ4v) is 3.06. The van der Waals surface area contributed by atoms with Crippen LogP contribution in [0.2, 0.25) is 5.02 Å². The second-order valence-electron chi connectivity index (χ2n) is 5.63. The molecule has 0 bridgehead atoms. The first-order valence-corrected chi connectivity index (χ1v) is 7.94. The maximum atomic E-state index is 12.1. The molecule has 0 unspecified atom stereocenters. The summed E-state index contributed by atoms with van der Waals surface area (Å²) in [5, 5.41) is 20.4. The summed E-state index contributed by atoms with van der Waals surface area (Å²) in [6.07, 6.45) is 0. The first kappa shape index (κ1) is 15.4. The lowest BCUT2D eigenvalue weighted by Gasteiger charge is -2.05. The monoisotopic (exact) mass is 352 g/mol. The lowest BCUT2D eigenvalue weighted by atomic mass is 10.2. The molecular formula is C18H13ClN4O2. The minimum absolute atomic E-state index is 0.125. The molecule has 4 aromatic rings. The van der Waals surface area contributed by atoms with Gasteiger partial charge in [-0.1, -0.05) is 41.9 Å². The fourth-order valence-electron chi connectivity index (χ4n) is 2.83. The van der Waals surface area contributed by atoms with E-state index in [-0.39, 0.29) is 17.1 Å². The Kier molecular flexibility index (Phi) is 3.54. The van der Waals surface area contributed by atoms with Gasteiger partial charge in [-0.3, -0.25) is 4.79 Å². The summed E-state index contributed by atoms with van der Waals surface area (Å²) in [5.41, 5.74) is 1.88. The molecule has 0 amide bonds. The normalized spacial score (nSPS) is 11.8. The Morgan fingerprint density at radius 3 is 2.68 bits per heavy atom. The zero-order chi connectivity index (χ0) is 17.6. The highest BCUT2D eigenvalue weighted by Gasteiger charge is 2.13. The van der Waals surface area contributed by atoms with Crippen LogP contribution in [0.1, 0.15) is 0 Å². The topological polar surface area (TPSA) is 82.7 Å². The number of aromatic nitrogens is 2. The van der Waals surface area contributed by atoms with Crippen LogP contribution in [0.3, 0.4) is 0 Å². The largest absolute Gasteiger partial charge is 0.493 e. The minimum atomic E-state index is -0.182. The Labute approximate surface area is 147 Å². The van der Waals surface area contributed by atoms with Crippen LogP contribution in [0.25, 0.3) is 21.8 Å². The zero-order valence-electron chi connectivity index (χ0n) is 13.2. The average Bonchev–Trinajstić information content (AvgIpc) is 2.94. The van der Waals surface area contributed by atoms with Gasteiger partial charge in [0.1, 0.15) is 5.69 Å². The number of rotatable bonds is 2. The Balaban J connectivity index is 1.91. The molecule has 25 heavy (non-hydrogen) atoms. The van der Waals surface area contributed by atoms with E-state index in [0.717, 1.165) is 10.9 Å². The van der Waals surface area contributed by atoms with E-state index in [1.807, 2.05) is 24.3 Å². The van der Waals surface area contributed by atoms with Crippen molar-refractivity contribution in [2.75, 3.05) is 0 Å². The molecule has 0 fully saturated rings. The Morgan fingerprint density at radius 2 is 1.84 bits per heavy atom. The molecule has 0 spiro atoms. The molecule has 4 rings (SSSR count). The van der Waals surface area contributed by atoms with Gasteiger partial charge >= 0.3 is 0 Å². The van der Waals surface area contributed by atoms with Crippen LogP contribution in [0, 0.1) is 0 Å². The van der Waals surface area contributed by atoms with Crippen LogP contribution in [0.5, 0.6) is 5.88 Å². The van der Waals surface area contributed by atoms with Gasteiger partial charge in [-0.05, 0) is 12.1 Å². The Morgan fingerprint density at radius 1 is 1.08 bits per heavy atom. The number of benzene rings is 2. The summed E-state index contributed by atoms with van der Waals surface area (Å²) in [6.45, 7) is 0. The van der Waals surface area contributed by atoms with Crippen molar-refractivity contribution in [3.05, 3.63) is 63.9 Å². The predicted molar refractivity (Wildman–Crippen MR) is 98.3 cm³/mol. The second kappa shape index (κ2) is 5.75. The van der Waals surface area contributed by atoms with Crippen LogP contribution in [-0.4, -0.2) is 14.7 Å². The number of azo groups is 1. The highest BCUT2D eigenvalue weighted by molar-refractivity contribution is 6.35. The molecule has 6 nitrogen and oxygen atoms in total. The van der Waals surface area contributed by atoms with Crippen LogP contribution in [0.15, 0.2) is 63.6 Å². The van der Waals surface area contributed by atoms with Crippen molar-refractivity contribution in [3.8, 4) is 5.88 Å². The number of aryl methyl sites for hydroxylation is 1. The minimum Gasteiger partial charge on any atom is -0.493 e. The fraction of sp³-hybridized carbons (Fsp3) is 0.0556. The smallest absolute Gasteiger partial charge is 0.252 e. The highest BCUT2D eigenvalue weighted by Crippen LogP contribution is 2.39. The molecule has 0 saturated carbocycles. The number of fused-ring (bicyclic) bond motifs is 2. The van der Waals surface area contributed by atoms with Gasteiger partial charge in [0.2, 0.25) is 5.88 Å². The third kappa shape index (κ3) is 2.47. The standard InChI is InChI=1S/C18H13ClN4O2/c1-23-14-8-3-2-5-10(14)13(9-15(23)24)21-22-17-11-6-4-7-12(19)16(11)20-18(17)25/h2-9,20,25H,1H3. The van der Waals surface area contributed by atoms with E-state index in [1.54, 1.807) is 29.8 Å². The number of hydrogen-bond acceptors (Lipinski definition) is 4. The van der Waals surface area contributed by atoms with Crippen molar-refractivity contribution in [3.63, 3.8) is 0 Å². The maximum Gasteiger partial charge on any atom is 0.252 e. The van der Waals surface area contributed by atoms with Gasteiger partial charge in [0, 0.05) is 23.9 Å². The van der Waals surface area contributed by atoms with E-state index >= 15 is 0 Å². The Hall–Kier alpha value is -3.12. The van der Waals surface area contributed by atoms with Crippen LogP contribution < -0.4 is 5.56 Å². The SMILES string of the molecule is Cn1c(=O)cc(N=Nc2c(O)[nH]c3c(Cl)cccc23)c2ccccc21. The molecule has 0 saturated heterocycles. The Bertz CT molecular complexity index is 1210. The van der Waals surface area contributed by atoms with E-state index in [1.165, 1.54) is 6.07 Å². The molecule has 124 valence electrons. The molecule has 0 aliphatic heterocycles. The molecule has 2 heterocycles. The van der Waals surface area contributed by atoms with Crippen molar-refractivity contribution in [2.45, 2.75) is 0 Å². The highest BCUT2D eigenvalue weighted by atomic mass is 35.5.